The van der Waals surface area contributed by atoms with Gasteiger partial charge >= 0.3 is 0 Å². The van der Waals surface area contributed by atoms with Crippen LogP contribution in [0.3, 0.4) is 0 Å². The average Bonchev–Trinajstić information content (AvgIpc) is 2.74. The van der Waals surface area contributed by atoms with Crippen LogP contribution in [0.2, 0.25) is 0 Å². The predicted molar refractivity (Wildman–Crippen MR) is 74.5 cm³/mol. The number of halogens is 2. The van der Waals surface area contributed by atoms with E-state index in [1.54, 1.807) is 6.92 Å². The second kappa shape index (κ2) is 6.17. The first-order valence-electron chi connectivity index (χ1n) is 6.77. The molecular formula is C13H21Cl2NO3. The fraction of sp³-hybridized carbons (Fsp3) is 0.923. The van der Waals surface area contributed by atoms with E-state index in [1.165, 1.54) is 0 Å². The number of alkyl halides is 2. The normalized spacial score (nSPS) is 32.3. The number of carbonyl (C=O) groups excluding carboxylic acids is 1. The third-order valence-electron chi connectivity index (χ3n) is 3.89. The smallest absolute Gasteiger partial charge is 0.229 e. The van der Waals surface area contributed by atoms with Gasteiger partial charge in [0.2, 0.25) is 5.91 Å². The molecule has 0 radical (unpaired) electrons. The zero-order valence-corrected chi connectivity index (χ0v) is 12.7. The number of nitrogens with one attached hydrogen (secondary N) is 1. The fourth-order valence-corrected chi connectivity index (χ4v) is 2.89. The molecule has 1 aliphatic heterocycles. The lowest BCUT2D eigenvalue weighted by Gasteiger charge is -2.13. The molecule has 2 aliphatic rings. The van der Waals surface area contributed by atoms with Crippen molar-refractivity contribution >= 4 is 29.1 Å². The lowest BCUT2D eigenvalue weighted by atomic mass is 10.1. The molecule has 0 bridgehead atoms. The maximum atomic E-state index is 11.8. The lowest BCUT2D eigenvalue weighted by molar-refractivity contribution is -0.125. The van der Waals surface area contributed by atoms with E-state index in [0.717, 1.165) is 32.7 Å². The summed E-state index contributed by atoms with van der Waals surface area (Å²) in [5, 5.41) is 2.86. The van der Waals surface area contributed by atoms with E-state index in [0.29, 0.717) is 25.5 Å². The van der Waals surface area contributed by atoms with E-state index in [4.69, 9.17) is 32.7 Å². The lowest BCUT2D eigenvalue weighted by Crippen LogP contribution is -2.34. The molecule has 1 aliphatic carbocycles. The van der Waals surface area contributed by atoms with Crippen LogP contribution in [-0.2, 0) is 14.3 Å². The van der Waals surface area contributed by atoms with Crippen molar-refractivity contribution in [3.8, 4) is 0 Å². The van der Waals surface area contributed by atoms with Gasteiger partial charge in [0.25, 0.3) is 0 Å². The number of carbonyl (C=O) groups is 1. The van der Waals surface area contributed by atoms with Crippen molar-refractivity contribution in [2.24, 2.45) is 11.3 Å². The molecule has 0 spiro atoms. The van der Waals surface area contributed by atoms with Gasteiger partial charge in [0, 0.05) is 25.7 Å². The summed E-state index contributed by atoms with van der Waals surface area (Å²) in [4.78, 5) is 11.8. The van der Waals surface area contributed by atoms with Crippen LogP contribution in [-0.4, -0.2) is 43.2 Å². The van der Waals surface area contributed by atoms with E-state index in [1.807, 2.05) is 0 Å². The molecule has 110 valence electrons. The van der Waals surface area contributed by atoms with Crippen molar-refractivity contribution in [2.75, 3.05) is 33.0 Å². The number of hydrogen-bond acceptors (Lipinski definition) is 3. The van der Waals surface area contributed by atoms with Gasteiger partial charge in [-0.25, -0.2) is 0 Å². The first kappa shape index (κ1) is 15.4. The molecule has 0 aromatic rings. The largest absolute Gasteiger partial charge is 0.381 e. The Morgan fingerprint density at radius 2 is 2.26 bits per heavy atom. The molecule has 1 heterocycles. The Morgan fingerprint density at radius 1 is 1.53 bits per heavy atom. The molecule has 6 heteroatoms. The second-order valence-electron chi connectivity index (χ2n) is 5.63. The standard InChI is InChI=1S/C13H21Cl2NO3/c1-12(9-13(12,14)15)11(17)16-4-2-5-18-7-10-3-6-19-8-10/h10H,2-9H2,1H3,(H,16,17). The zero-order chi connectivity index (χ0) is 13.9. The monoisotopic (exact) mass is 309 g/mol. The molecule has 2 rings (SSSR count). The summed E-state index contributed by atoms with van der Waals surface area (Å²) < 4.78 is 9.93. The quantitative estimate of drug-likeness (QED) is 0.579. The number of ether oxygens (including phenoxy) is 2. The molecule has 2 unspecified atom stereocenters. The number of hydrogen-bond donors (Lipinski definition) is 1. The van der Waals surface area contributed by atoms with Crippen LogP contribution in [0, 0.1) is 11.3 Å². The molecule has 0 aromatic heterocycles. The van der Waals surface area contributed by atoms with Crippen molar-refractivity contribution in [2.45, 2.75) is 30.5 Å². The minimum Gasteiger partial charge on any atom is -0.381 e. The average molecular weight is 310 g/mol. The third kappa shape index (κ3) is 3.75. The van der Waals surface area contributed by atoms with Crippen LogP contribution in [0.25, 0.3) is 0 Å². The van der Waals surface area contributed by atoms with Crippen LogP contribution < -0.4 is 5.32 Å². The van der Waals surface area contributed by atoms with Gasteiger partial charge < -0.3 is 14.8 Å². The maximum absolute atomic E-state index is 11.8. The molecule has 1 N–H and O–H groups in total. The van der Waals surface area contributed by atoms with E-state index in [9.17, 15) is 4.79 Å². The number of amides is 1. The maximum Gasteiger partial charge on any atom is 0.229 e. The van der Waals surface area contributed by atoms with Gasteiger partial charge in [-0.1, -0.05) is 0 Å². The minimum atomic E-state index is -0.893. The molecule has 2 atom stereocenters. The molecule has 19 heavy (non-hydrogen) atoms. The second-order valence-corrected chi connectivity index (χ2v) is 7.11. The highest BCUT2D eigenvalue weighted by Gasteiger charge is 2.67. The highest BCUT2D eigenvalue weighted by Crippen LogP contribution is 2.63. The fourth-order valence-electron chi connectivity index (χ4n) is 2.18. The number of rotatable bonds is 7. The van der Waals surface area contributed by atoms with Gasteiger partial charge in [0.15, 0.2) is 0 Å². The minimum absolute atomic E-state index is 0.0679. The van der Waals surface area contributed by atoms with Gasteiger partial charge in [-0.05, 0) is 26.2 Å². The van der Waals surface area contributed by atoms with Crippen LogP contribution >= 0.6 is 23.2 Å². The van der Waals surface area contributed by atoms with E-state index >= 15 is 0 Å². The van der Waals surface area contributed by atoms with Crippen molar-refractivity contribution in [1.29, 1.82) is 0 Å². The summed E-state index contributed by atoms with van der Waals surface area (Å²) in [6.07, 6.45) is 2.41. The Hall–Kier alpha value is -0.0300. The molecule has 2 fully saturated rings. The first-order chi connectivity index (χ1) is 8.96. The van der Waals surface area contributed by atoms with Crippen molar-refractivity contribution in [3.05, 3.63) is 0 Å². The van der Waals surface area contributed by atoms with Gasteiger partial charge in [0.05, 0.1) is 18.6 Å². The first-order valence-corrected chi connectivity index (χ1v) is 7.53. The highest BCUT2D eigenvalue weighted by atomic mass is 35.5. The van der Waals surface area contributed by atoms with Crippen molar-refractivity contribution in [1.82, 2.24) is 5.32 Å². The summed E-state index contributed by atoms with van der Waals surface area (Å²) in [5.74, 6) is 0.467. The van der Waals surface area contributed by atoms with Gasteiger partial charge in [0.1, 0.15) is 4.33 Å². The topological polar surface area (TPSA) is 47.6 Å². The van der Waals surface area contributed by atoms with E-state index < -0.39 is 9.75 Å². The molecule has 1 saturated carbocycles. The van der Waals surface area contributed by atoms with Gasteiger partial charge in [-0.15, -0.1) is 23.2 Å². The Bertz CT molecular complexity index is 332. The molecular weight excluding hydrogens is 289 g/mol. The summed E-state index contributed by atoms with van der Waals surface area (Å²) >= 11 is 11.9. The summed E-state index contributed by atoms with van der Waals surface area (Å²) in [6.45, 7) is 5.45. The summed E-state index contributed by atoms with van der Waals surface area (Å²) in [6, 6.07) is 0. The Balaban J connectivity index is 1.49. The zero-order valence-electron chi connectivity index (χ0n) is 11.2. The van der Waals surface area contributed by atoms with Crippen LogP contribution in [0.4, 0.5) is 0 Å². The molecule has 0 aromatic carbocycles. The SMILES string of the molecule is CC1(C(=O)NCCCOCC2CCOC2)CC1(Cl)Cl. The van der Waals surface area contributed by atoms with Gasteiger partial charge in [-0.3, -0.25) is 4.79 Å². The Labute approximate surface area is 124 Å². The van der Waals surface area contributed by atoms with Crippen molar-refractivity contribution in [3.63, 3.8) is 0 Å². The third-order valence-corrected chi connectivity index (χ3v) is 4.99. The molecule has 1 amide bonds. The summed E-state index contributed by atoms with van der Waals surface area (Å²) in [7, 11) is 0. The summed E-state index contributed by atoms with van der Waals surface area (Å²) in [5.41, 5.74) is -0.627. The highest BCUT2D eigenvalue weighted by molar-refractivity contribution is 6.53. The predicted octanol–water partition coefficient (Wildman–Crippen LogP) is 2.13. The van der Waals surface area contributed by atoms with Crippen LogP contribution in [0.15, 0.2) is 0 Å². The molecule has 1 saturated heterocycles. The van der Waals surface area contributed by atoms with E-state index in [-0.39, 0.29) is 5.91 Å². The van der Waals surface area contributed by atoms with Crippen LogP contribution in [0.1, 0.15) is 26.2 Å². The molecule has 4 nitrogen and oxygen atoms in total. The Morgan fingerprint density at radius 3 is 2.84 bits per heavy atom. The van der Waals surface area contributed by atoms with Gasteiger partial charge in [-0.2, -0.15) is 0 Å². The Kier molecular flexibility index (Phi) is 4.99. The van der Waals surface area contributed by atoms with Crippen LogP contribution in [0.5, 0.6) is 0 Å². The van der Waals surface area contributed by atoms with Crippen molar-refractivity contribution < 1.29 is 14.3 Å². The van der Waals surface area contributed by atoms with E-state index in [2.05, 4.69) is 5.32 Å².